The van der Waals surface area contributed by atoms with Crippen molar-refractivity contribution in [2.75, 3.05) is 32.7 Å². The number of carbonyl (C=O) groups is 1. The topological polar surface area (TPSA) is 35.6 Å². The first-order valence-electron chi connectivity index (χ1n) is 8.73. The van der Waals surface area contributed by atoms with Crippen LogP contribution < -0.4 is 5.32 Å². The highest BCUT2D eigenvalue weighted by Gasteiger charge is 2.27. The van der Waals surface area contributed by atoms with Gasteiger partial charge >= 0.3 is 6.03 Å². The summed E-state index contributed by atoms with van der Waals surface area (Å²) in [5, 5.41) is 3.05. The number of hydrogen-bond donors (Lipinski definition) is 1. The van der Waals surface area contributed by atoms with E-state index in [1.807, 2.05) is 17.0 Å². The highest BCUT2D eigenvalue weighted by molar-refractivity contribution is 5.75. The fourth-order valence-corrected chi connectivity index (χ4v) is 2.98. The molecule has 0 aromatic heterocycles. The van der Waals surface area contributed by atoms with Gasteiger partial charge in [-0.1, -0.05) is 12.1 Å². The average Bonchev–Trinajstić information content (AvgIpc) is 3.38. The van der Waals surface area contributed by atoms with Crippen LogP contribution in [0.3, 0.4) is 0 Å². The lowest BCUT2D eigenvalue weighted by molar-refractivity contribution is 0.138. The predicted molar refractivity (Wildman–Crippen MR) is 88.9 cm³/mol. The third-order valence-corrected chi connectivity index (χ3v) is 4.67. The van der Waals surface area contributed by atoms with Gasteiger partial charge in [-0.25, -0.2) is 9.18 Å². The normalized spacial score (nSPS) is 18.9. The van der Waals surface area contributed by atoms with Crippen molar-refractivity contribution in [2.45, 2.75) is 38.1 Å². The molecule has 23 heavy (non-hydrogen) atoms. The summed E-state index contributed by atoms with van der Waals surface area (Å²) in [6.07, 6.45) is 5.54. The zero-order valence-corrected chi connectivity index (χ0v) is 13.6. The molecule has 0 unspecified atom stereocenters. The molecular weight excluding hydrogens is 293 g/mol. The Morgan fingerprint density at radius 1 is 1.09 bits per heavy atom. The van der Waals surface area contributed by atoms with Gasteiger partial charge in [-0.05, 0) is 56.3 Å². The van der Waals surface area contributed by atoms with Crippen LogP contribution in [0, 0.1) is 5.82 Å². The van der Waals surface area contributed by atoms with Crippen molar-refractivity contribution >= 4 is 6.03 Å². The van der Waals surface area contributed by atoms with Gasteiger partial charge in [0, 0.05) is 32.2 Å². The Hall–Kier alpha value is -1.62. The highest BCUT2D eigenvalue weighted by atomic mass is 19.1. The lowest BCUT2D eigenvalue weighted by atomic mass is 10.1. The SMILES string of the molecule is O=C(NC1CC1)N1CCN(CCCCc2ccc(F)cc2)CC1. The molecule has 2 amide bonds. The molecule has 1 aliphatic heterocycles. The van der Waals surface area contributed by atoms with Crippen molar-refractivity contribution in [1.82, 2.24) is 15.1 Å². The van der Waals surface area contributed by atoms with Crippen LogP contribution in [0.25, 0.3) is 0 Å². The molecule has 4 nitrogen and oxygen atoms in total. The number of rotatable bonds is 6. The molecule has 0 spiro atoms. The molecule has 0 atom stereocenters. The number of unbranched alkanes of at least 4 members (excludes halogenated alkanes) is 1. The minimum atomic E-state index is -0.169. The highest BCUT2D eigenvalue weighted by Crippen LogP contribution is 2.19. The van der Waals surface area contributed by atoms with Crippen LogP contribution in [0.15, 0.2) is 24.3 Å². The first-order valence-corrected chi connectivity index (χ1v) is 8.73. The fraction of sp³-hybridized carbons (Fsp3) is 0.611. The number of amides is 2. The number of halogens is 1. The molecule has 1 aliphatic carbocycles. The van der Waals surface area contributed by atoms with Gasteiger partial charge in [0.1, 0.15) is 5.82 Å². The molecule has 1 saturated carbocycles. The van der Waals surface area contributed by atoms with E-state index >= 15 is 0 Å². The van der Waals surface area contributed by atoms with Crippen molar-refractivity contribution < 1.29 is 9.18 Å². The summed E-state index contributed by atoms with van der Waals surface area (Å²) < 4.78 is 12.8. The first-order chi connectivity index (χ1) is 11.2. The Balaban J connectivity index is 1.28. The summed E-state index contributed by atoms with van der Waals surface area (Å²) in [7, 11) is 0. The number of carbonyl (C=O) groups excluding carboxylic acids is 1. The van der Waals surface area contributed by atoms with Gasteiger partial charge in [-0.15, -0.1) is 0 Å². The van der Waals surface area contributed by atoms with Crippen molar-refractivity contribution in [3.05, 3.63) is 35.6 Å². The van der Waals surface area contributed by atoms with Crippen LogP contribution >= 0.6 is 0 Å². The predicted octanol–water partition coefficient (Wildman–Crippen LogP) is 2.64. The molecule has 0 radical (unpaired) electrons. The number of nitrogens with one attached hydrogen (secondary N) is 1. The quantitative estimate of drug-likeness (QED) is 0.818. The lowest BCUT2D eigenvalue weighted by Crippen LogP contribution is -2.52. The van der Waals surface area contributed by atoms with E-state index in [9.17, 15) is 9.18 Å². The van der Waals surface area contributed by atoms with Gasteiger partial charge in [-0.2, -0.15) is 0 Å². The van der Waals surface area contributed by atoms with Crippen molar-refractivity contribution in [1.29, 1.82) is 0 Å². The molecule has 126 valence electrons. The lowest BCUT2D eigenvalue weighted by Gasteiger charge is -2.34. The number of nitrogens with zero attached hydrogens (tertiary/aromatic N) is 2. The van der Waals surface area contributed by atoms with Gasteiger partial charge in [0.15, 0.2) is 0 Å². The number of aryl methyl sites for hydroxylation is 1. The molecule has 3 rings (SSSR count). The molecule has 5 heteroatoms. The largest absolute Gasteiger partial charge is 0.335 e. The molecule has 1 saturated heterocycles. The van der Waals surface area contributed by atoms with E-state index in [0.29, 0.717) is 6.04 Å². The summed E-state index contributed by atoms with van der Waals surface area (Å²) in [4.78, 5) is 16.3. The second-order valence-corrected chi connectivity index (χ2v) is 6.64. The number of piperazine rings is 1. The van der Waals surface area contributed by atoms with Crippen molar-refractivity contribution in [3.63, 3.8) is 0 Å². The first kappa shape index (κ1) is 16.2. The molecule has 1 heterocycles. The summed E-state index contributed by atoms with van der Waals surface area (Å²) in [5.74, 6) is -0.169. The van der Waals surface area contributed by atoms with Gasteiger partial charge in [0.2, 0.25) is 0 Å². The Kier molecular flexibility index (Phi) is 5.49. The van der Waals surface area contributed by atoms with E-state index in [1.54, 1.807) is 0 Å². The second-order valence-electron chi connectivity index (χ2n) is 6.64. The molecule has 2 aliphatic rings. The van der Waals surface area contributed by atoms with Crippen LogP contribution in [0.2, 0.25) is 0 Å². The average molecular weight is 319 g/mol. The molecule has 0 bridgehead atoms. The zero-order valence-electron chi connectivity index (χ0n) is 13.6. The maximum atomic E-state index is 12.8. The Labute approximate surface area is 137 Å². The molecule has 1 aromatic rings. The Bertz CT molecular complexity index is 508. The van der Waals surface area contributed by atoms with Gasteiger partial charge in [0.05, 0.1) is 0 Å². The van der Waals surface area contributed by atoms with E-state index in [-0.39, 0.29) is 11.8 Å². The standard InChI is InChI=1S/C18H26FN3O/c19-16-6-4-15(5-7-16)3-1-2-10-21-11-13-22(14-12-21)18(23)20-17-8-9-17/h4-7,17H,1-3,8-14H2,(H,20,23). The summed E-state index contributed by atoms with van der Waals surface area (Å²) in [5.41, 5.74) is 1.20. The van der Waals surface area contributed by atoms with Crippen LogP contribution in [0.4, 0.5) is 9.18 Å². The third kappa shape index (κ3) is 5.20. The van der Waals surface area contributed by atoms with Crippen molar-refractivity contribution in [3.8, 4) is 0 Å². The van der Waals surface area contributed by atoms with Crippen LogP contribution in [-0.4, -0.2) is 54.6 Å². The third-order valence-electron chi connectivity index (χ3n) is 4.67. The van der Waals surface area contributed by atoms with E-state index < -0.39 is 0 Å². The van der Waals surface area contributed by atoms with E-state index in [4.69, 9.17) is 0 Å². The van der Waals surface area contributed by atoms with E-state index in [0.717, 1.165) is 64.8 Å². The van der Waals surface area contributed by atoms with Gasteiger partial charge < -0.3 is 10.2 Å². The summed E-state index contributed by atoms with van der Waals surface area (Å²) in [6, 6.07) is 7.34. The smallest absolute Gasteiger partial charge is 0.317 e. The fourth-order valence-electron chi connectivity index (χ4n) is 2.98. The van der Waals surface area contributed by atoms with E-state index in [1.165, 1.54) is 17.7 Å². The summed E-state index contributed by atoms with van der Waals surface area (Å²) in [6.45, 7) is 4.68. The van der Waals surface area contributed by atoms with Crippen LogP contribution in [-0.2, 0) is 6.42 Å². The summed E-state index contributed by atoms with van der Waals surface area (Å²) >= 11 is 0. The Morgan fingerprint density at radius 3 is 2.43 bits per heavy atom. The zero-order chi connectivity index (χ0) is 16.1. The molecule has 1 aromatic carbocycles. The van der Waals surface area contributed by atoms with Crippen LogP contribution in [0.1, 0.15) is 31.2 Å². The monoisotopic (exact) mass is 319 g/mol. The number of hydrogen-bond acceptors (Lipinski definition) is 2. The maximum Gasteiger partial charge on any atom is 0.317 e. The molecular formula is C18H26FN3O. The molecule has 2 fully saturated rings. The number of benzene rings is 1. The maximum absolute atomic E-state index is 12.8. The minimum Gasteiger partial charge on any atom is -0.335 e. The minimum absolute atomic E-state index is 0.114. The Morgan fingerprint density at radius 2 is 1.78 bits per heavy atom. The molecule has 1 N–H and O–H groups in total. The van der Waals surface area contributed by atoms with Gasteiger partial charge in [-0.3, -0.25) is 4.90 Å². The van der Waals surface area contributed by atoms with Crippen molar-refractivity contribution in [2.24, 2.45) is 0 Å². The van der Waals surface area contributed by atoms with Crippen LogP contribution in [0.5, 0.6) is 0 Å². The second kappa shape index (κ2) is 7.77. The van der Waals surface area contributed by atoms with E-state index in [2.05, 4.69) is 10.2 Å². The van der Waals surface area contributed by atoms with Gasteiger partial charge in [0.25, 0.3) is 0 Å². The number of urea groups is 1.